The van der Waals surface area contributed by atoms with E-state index in [9.17, 15) is 4.79 Å². The number of hydrogen-bond acceptors (Lipinski definition) is 3. The molecular formula is C24H27ClN4O. The van der Waals surface area contributed by atoms with Gasteiger partial charge in [-0.25, -0.2) is 0 Å². The van der Waals surface area contributed by atoms with E-state index in [4.69, 9.17) is 11.6 Å². The maximum absolute atomic E-state index is 13.3. The van der Waals surface area contributed by atoms with Crippen molar-refractivity contribution in [3.63, 3.8) is 0 Å². The molecule has 5 nitrogen and oxygen atoms in total. The Labute approximate surface area is 182 Å². The van der Waals surface area contributed by atoms with Gasteiger partial charge < -0.3 is 9.80 Å². The first-order valence-corrected chi connectivity index (χ1v) is 10.7. The van der Waals surface area contributed by atoms with E-state index in [-0.39, 0.29) is 5.91 Å². The van der Waals surface area contributed by atoms with Crippen molar-refractivity contribution < 1.29 is 4.79 Å². The number of carbonyl (C=O) groups is 1. The summed E-state index contributed by atoms with van der Waals surface area (Å²) in [7, 11) is 0. The molecule has 156 valence electrons. The van der Waals surface area contributed by atoms with Gasteiger partial charge in [0.2, 0.25) is 0 Å². The van der Waals surface area contributed by atoms with Gasteiger partial charge in [-0.2, -0.15) is 5.10 Å². The molecule has 1 saturated heterocycles. The molecule has 0 saturated carbocycles. The minimum absolute atomic E-state index is 0.0693. The highest BCUT2D eigenvalue weighted by Gasteiger charge is 2.27. The number of aromatic nitrogens is 2. The molecule has 0 N–H and O–H groups in total. The summed E-state index contributed by atoms with van der Waals surface area (Å²) in [6.45, 7) is 9.66. The summed E-state index contributed by atoms with van der Waals surface area (Å²) in [6.07, 6.45) is 0. The van der Waals surface area contributed by atoms with Gasteiger partial charge in [-0.15, -0.1) is 0 Å². The molecule has 2 heterocycles. The number of rotatable bonds is 4. The van der Waals surface area contributed by atoms with Gasteiger partial charge >= 0.3 is 0 Å². The lowest BCUT2D eigenvalue weighted by Crippen LogP contribution is -2.49. The molecule has 1 aliphatic heterocycles. The number of aryl methyl sites for hydroxylation is 2. The van der Waals surface area contributed by atoms with Crippen LogP contribution in [0.4, 0.5) is 5.69 Å². The average molecular weight is 423 g/mol. The van der Waals surface area contributed by atoms with E-state index in [0.29, 0.717) is 30.2 Å². The molecular weight excluding hydrogens is 396 g/mol. The molecule has 30 heavy (non-hydrogen) atoms. The van der Waals surface area contributed by atoms with Crippen LogP contribution in [0.5, 0.6) is 0 Å². The second kappa shape index (κ2) is 8.52. The van der Waals surface area contributed by atoms with E-state index in [1.807, 2.05) is 47.7 Å². The number of benzene rings is 2. The number of piperazine rings is 1. The van der Waals surface area contributed by atoms with Crippen molar-refractivity contribution in [2.45, 2.75) is 27.3 Å². The first-order chi connectivity index (χ1) is 14.5. The minimum Gasteiger partial charge on any atom is -0.368 e. The van der Waals surface area contributed by atoms with E-state index in [2.05, 4.69) is 41.2 Å². The molecule has 4 rings (SSSR count). The van der Waals surface area contributed by atoms with E-state index < -0.39 is 0 Å². The Hall–Kier alpha value is -2.79. The van der Waals surface area contributed by atoms with Crippen LogP contribution in [0.25, 0.3) is 0 Å². The molecule has 1 fully saturated rings. The van der Waals surface area contributed by atoms with Crippen LogP contribution in [-0.4, -0.2) is 46.8 Å². The molecule has 0 aliphatic carbocycles. The Morgan fingerprint density at radius 2 is 1.63 bits per heavy atom. The predicted molar refractivity (Wildman–Crippen MR) is 122 cm³/mol. The monoisotopic (exact) mass is 422 g/mol. The number of para-hydroxylation sites is 1. The lowest BCUT2D eigenvalue weighted by molar-refractivity contribution is 0.0745. The number of anilines is 1. The second-order valence-corrected chi connectivity index (χ2v) is 8.27. The predicted octanol–water partition coefficient (Wildman–Crippen LogP) is 4.47. The van der Waals surface area contributed by atoms with Crippen molar-refractivity contribution in [3.8, 4) is 0 Å². The van der Waals surface area contributed by atoms with Gasteiger partial charge in [-0.3, -0.25) is 9.48 Å². The molecule has 2 aromatic carbocycles. The zero-order chi connectivity index (χ0) is 21.3. The first kappa shape index (κ1) is 20.5. The molecule has 0 bridgehead atoms. The molecule has 1 aromatic heterocycles. The topological polar surface area (TPSA) is 41.4 Å². The van der Waals surface area contributed by atoms with Crippen molar-refractivity contribution in [2.24, 2.45) is 0 Å². The van der Waals surface area contributed by atoms with Gasteiger partial charge in [0.15, 0.2) is 0 Å². The normalized spacial score (nSPS) is 14.3. The van der Waals surface area contributed by atoms with Crippen molar-refractivity contribution in [3.05, 3.63) is 81.6 Å². The third-order valence-corrected chi connectivity index (χ3v) is 6.27. The molecule has 6 heteroatoms. The number of nitrogens with zero attached hydrogens (tertiary/aromatic N) is 4. The van der Waals surface area contributed by atoms with Crippen molar-refractivity contribution >= 4 is 23.2 Å². The van der Waals surface area contributed by atoms with Crippen LogP contribution in [0.1, 0.15) is 32.9 Å². The smallest absolute Gasteiger partial charge is 0.257 e. The molecule has 0 radical (unpaired) electrons. The summed E-state index contributed by atoms with van der Waals surface area (Å²) in [5.74, 6) is 0.0693. The maximum Gasteiger partial charge on any atom is 0.257 e. The molecule has 1 aliphatic rings. The zero-order valence-electron chi connectivity index (χ0n) is 17.7. The fourth-order valence-corrected chi connectivity index (χ4v) is 4.37. The lowest BCUT2D eigenvalue weighted by Gasteiger charge is -2.36. The van der Waals surface area contributed by atoms with Gasteiger partial charge in [0.1, 0.15) is 0 Å². The molecule has 0 unspecified atom stereocenters. The van der Waals surface area contributed by atoms with Crippen molar-refractivity contribution in [2.75, 3.05) is 31.1 Å². The minimum atomic E-state index is 0.0693. The van der Waals surface area contributed by atoms with Crippen molar-refractivity contribution in [1.82, 2.24) is 14.7 Å². The van der Waals surface area contributed by atoms with E-state index in [1.165, 1.54) is 11.3 Å². The Kier molecular flexibility index (Phi) is 5.82. The summed E-state index contributed by atoms with van der Waals surface area (Å²) in [5, 5.41) is 5.35. The van der Waals surface area contributed by atoms with Crippen LogP contribution in [0.2, 0.25) is 5.02 Å². The maximum atomic E-state index is 13.3. The van der Waals surface area contributed by atoms with Crippen molar-refractivity contribution in [1.29, 1.82) is 0 Å². The number of amides is 1. The summed E-state index contributed by atoms with van der Waals surface area (Å²) in [5.41, 5.74) is 5.89. The van der Waals surface area contributed by atoms with Crippen LogP contribution < -0.4 is 4.90 Å². The number of carbonyl (C=O) groups excluding carboxylic acids is 1. The highest BCUT2D eigenvalue weighted by atomic mass is 35.5. The molecule has 3 aromatic rings. The zero-order valence-corrected chi connectivity index (χ0v) is 18.5. The van der Waals surface area contributed by atoms with Crippen LogP contribution in [-0.2, 0) is 6.54 Å². The molecule has 1 amide bonds. The van der Waals surface area contributed by atoms with Crippen LogP contribution in [0.3, 0.4) is 0 Å². The Balaban J connectivity index is 1.49. The molecule has 0 atom stereocenters. The van der Waals surface area contributed by atoms with E-state index in [1.54, 1.807) is 0 Å². The fourth-order valence-electron chi connectivity index (χ4n) is 4.18. The SMILES string of the molecule is Cc1ccccc1N1CCN(C(=O)c2c(C)nn(Cc3ccccc3Cl)c2C)CC1. The van der Waals surface area contributed by atoms with Gasteiger partial charge in [0.05, 0.1) is 17.8 Å². The second-order valence-electron chi connectivity index (χ2n) is 7.86. The van der Waals surface area contributed by atoms with Crippen LogP contribution in [0.15, 0.2) is 48.5 Å². The molecule has 0 spiro atoms. The largest absolute Gasteiger partial charge is 0.368 e. The number of halogens is 1. The van der Waals surface area contributed by atoms with Crippen LogP contribution in [0, 0.1) is 20.8 Å². The van der Waals surface area contributed by atoms with Gasteiger partial charge in [0.25, 0.3) is 5.91 Å². The third kappa shape index (κ3) is 3.94. The third-order valence-electron chi connectivity index (χ3n) is 5.90. The van der Waals surface area contributed by atoms with Gasteiger partial charge in [-0.1, -0.05) is 48.0 Å². The summed E-state index contributed by atoms with van der Waals surface area (Å²) in [6, 6.07) is 16.2. The standard InChI is InChI=1S/C24H27ClN4O/c1-17-8-4-7-11-22(17)27-12-14-28(15-13-27)24(30)23-18(2)26-29(19(23)3)16-20-9-5-6-10-21(20)25/h4-11H,12-16H2,1-3H3. The highest BCUT2D eigenvalue weighted by Crippen LogP contribution is 2.23. The fraction of sp³-hybridized carbons (Fsp3) is 0.333. The van der Waals surface area contributed by atoms with Gasteiger partial charge in [0, 0.05) is 42.6 Å². The lowest BCUT2D eigenvalue weighted by atomic mass is 10.1. The van der Waals surface area contributed by atoms with Crippen LogP contribution >= 0.6 is 11.6 Å². The number of hydrogen-bond donors (Lipinski definition) is 0. The van der Waals surface area contributed by atoms with E-state index >= 15 is 0 Å². The quantitative estimate of drug-likeness (QED) is 0.622. The Morgan fingerprint density at radius 1 is 0.967 bits per heavy atom. The summed E-state index contributed by atoms with van der Waals surface area (Å²) in [4.78, 5) is 17.6. The Bertz CT molecular complexity index is 1070. The first-order valence-electron chi connectivity index (χ1n) is 10.3. The van der Waals surface area contributed by atoms with Gasteiger partial charge in [-0.05, 0) is 44.0 Å². The summed E-state index contributed by atoms with van der Waals surface area (Å²) < 4.78 is 1.88. The van der Waals surface area contributed by atoms with E-state index in [0.717, 1.165) is 30.0 Å². The summed E-state index contributed by atoms with van der Waals surface area (Å²) >= 11 is 6.31. The Morgan fingerprint density at radius 3 is 2.33 bits per heavy atom. The average Bonchev–Trinajstić information content (AvgIpc) is 3.03. The highest BCUT2D eigenvalue weighted by molar-refractivity contribution is 6.31.